The molecule has 2 aromatic rings. The number of benzene rings is 2. The molecule has 0 amide bonds. The summed E-state index contributed by atoms with van der Waals surface area (Å²) in [6.45, 7) is 1.89. The van der Waals surface area contributed by atoms with E-state index in [9.17, 15) is 4.79 Å². The fourth-order valence-corrected chi connectivity index (χ4v) is 2.00. The van der Waals surface area contributed by atoms with Crippen LogP contribution in [0.2, 0.25) is 0 Å². The van der Waals surface area contributed by atoms with Gasteiger partial charge in [-0.3, -0.25) is 4.79 Å². The van der Waals surface area contributed by atoms with Gasteiger partial charge in [0.1, 0.15) is 0 Å². The molecule has 0 saturated carbocycles. The zero-order valence-corrected chi connectivity index (χ0v) is 10.1. The maximum absolute atomic E-state index is 11.4. The first-order valence-electron chi connectivity index (χ1n) is 5.76. The summed E-state index contributed by atoms with van der Waals surface area (Å²) in [5.41, 5.74) is 1.17. The van der Waals surface area contributed by atoms with E-state index >= 15 is 0 Å². The minimum Gasteiger partial charge on any atom is -0.469 e. The normalized spacial score (nSPS) is 12.4. The van der Waals surface area contributed by atoms with Crippen molar-refractivity contribution in [1.82, 2.24) is 0 Å². The highest BCUT2D eigenvalue weighted by molar-refractivity contribution is 5.83. The molecule has 17 heavy (non-hydrogen) atoms. The fraction of sp³-hybridized carbons (Fsp3) is 0.267. The summed E-state index contributed by atoms with van der Waals surface area (Å²) in [5, 5.41) is 2.43. The van der Waals surface area contributed by atoms with Gasteiger partial charge in [-0.15, -0.1) is 0 Å². The standard InChI is InChI=1S/C15H16O2/c1-11(15(16)17-2)9-12-7-8-13-5-3-4-6-14(13)10-12/h3-8,10-11H,9H2,1-2H3. The van der Waals surface area contributed by atoms with Gasteiger partial charge in [-0.25, -0.2) is 0 Å². The molecule has 2 nitrogen and oxygen atoms in total. The summed E-state index contributed by atoms with van der Waals surface area (Å²) >= 11 is 0. The Kier molecular flexibility index (Phi) is 3.43. The maximum Gasteiger partial charge on any atom is 0.308 e. The molecule has 0 aliphatic heterocycles. The van der Waals surface area contributed by atoms with Gasteiger partial charge in [0.25, 0.3) is 0 Å². The Labute approximate surface area is 101 Å². The lowest BCUT2D eigenvalue weighted by molar-refractivity contribution is -0.144. The molecule has 0 aromatic heterocycles. The second-order valence-corrected chi connectivity index (χ2v) is 4.31. The summed E-state index contributed by atoms with van der Waals surface area (Å²) in [5.74, 6) is -0.251. The van der Waals surface area contributed by atoms with Gasteiger partial charge >= 0.3 is 5.97 Å². The molecule has 0 fully saturated rings. The van der Waals surface area contributed by atoms with Crippen molar-refractivity contribution in [2.24, 2.45) is 5.92 Å². The van der Waals surface area contributed by atoms with E-state index < -0.39 is 0 Å². The predicted molar refractivity (Wildman–Crippen MR) is 68.8 cm³/mol. The monoisotopic (exact) mass is 228 g/mol. The number of methoxy groups -OCH3 is 1. The van der Waals surface area contributed by atoms with Gasteiger partial charge < -0.3 is 4.74 Å². The van der Waals surface area contributed by atoms with E-state index in [0.717, 1.165) is 6.42 Å². The minimum absolute atomic E-state index is 0.0961. The van der Waals surface area contributed by atoms with E-state index in [4.69, 9.17) is 4.74 Å². The third-order valence-electron chi connectivity index (χ3n) is 2.96. The molecule has 2 heteroatoms. The first-order valence-corrected chi connectivity index (χ1v) is 5.76. The summed E-state index contributed by atoms with van der Waals surface area (Å²) in [6.07, 6.45) is 0.720. The number of esters is 1. The van der Waals surface area contributed by atoms with Crippen LogP contribution in [0.15, 0.2) is 42.5 Å². The molecule has 0 N–H and O–H groups in total. The number of carbonyl (C=O) groups is 1. The Balaban J connectivity index is 2.22. The van der Waals surface area contributed by atoms with Crippen molar-refractivity contribution in [3.8, 4) is 0 Å². The topological polar surface area (TPSA) is 26.3 Å². The Hall–Kier alpha value is -1.83. The molecule has 2 aromatic carbocycles. The van der Waals surface area contributed by atoms with E-state index in [1.165, 1.54) is 23.4 Å². The van der Waals surface area contributed by atoms with Crippen molar-refractivity contribution >= 4 is 16.7 Å². The average molecular weight is 228 g/mol. The first-order chi connectivity index (χ1) is 8.20. The number of ether oxygens (including phenoxy) is 1. The zero-order chi connectivity index (χ0) is 12.3. The van der Waals surface area contributed by atoms with Crippen molar-refractivity contribution in [1.29, 1.82) is 0 Å². The van der Waals surface area contributed by atoms with Crippen molar-refractivity contribution < 1.29 is 9.53 Å². The van der Waals surface area contributed by atoms with Gasteiger partial charge in [0.15, 0.2) is 0 Å². The third kappa shape index (κ3) is 2.64. The minimum atomic E-state index is -0.154. The molecule has 0 heterocycles. The smallest absolute Gasteiger partial charge is 0.308 e. The quantitative estimate of drug-likeness (QED) is 0.754. The SMILES string of the molecule is COC(=O)C(C)Cc1ccc2ccccc2c1. The molecule has 0 saturated heterocycles. The summed E-state index contributed by atoms with van der Waals surface area (Å²) in [6, 6.07) is 14.5. The summed E-state index contributed by atoms with van der Waals surface area (Å²) in [4.78, 5) is 11.4. The highest BCUT2D eigenvalue weighted by Gasteiger charge is 2.13. The molecule has 0 spiro atoms. The van der Waals surface area contributed by atoms with Crippen LogP contribution in [0.25, 0.3) is 10.8 Å². The maximum atomic E-state index is 11.4. The Morgan fingerprint density at radius 1 is 1.18 bits per heavy atom. The zero-order valence-electron chi connectivity index (χ0n) is 10.1. The van der Waals surface area contributed by atoms with Gasteiger partial charge in [0.2, 0.25) is 0 Å². The molecule has 0 bridgehead atoms. The van der Waals surface area contributed by atoms with Crippen LogP contribution < -0.4 is 0 Å². The molecule has 88 valence electrons. The fourth-order valence-electron chi connectivity index (χ4n) is 2.00. The van der Waals surface area contributed by atoms with Gasteiger partial charge in [-0.1, -0.05) is 49.4 Å². The first kappa shape index (κ1) is 11.6. The van der Waals surface area contributed by atoms with E-state index in [2.05, 4.69) is 30.3 Å². The lowest BCUT2D eigenvalue weighted by Gasteiger charge is -2.09. The van der Waals surface area contributed by atoms with Crippen molar-refractivity contribution in [3.05, 3.63) is 48.0 Å². The van der Waals surface area contributed by atoms with Crippen molar-refractivity contribution in [2.75, 3.05) is 7.11 Å². The second-order valence-electron chi connectivity index (χ2n) is 4.31. The number of carbonyl (C=O) groups excluding carboxylic acids is 1. The Morgan fingerprint density at radius 2 is 1.88 bits per heavy atom. The van der Waals surface area contributed by atoms with Gasteiger partial charge in [-0.2, -0.15) is 0 Å². The molecule has 1 atom stereocenters. The van der Waals surface area contributed by atoms with Gasteiger partial charge in [0, 0.05) is 0 Å². The Morgan fingerprint density at radius 3 is 2.59 bits per heavy atom. The predicted octanol–water partition coefficient (Wildman–Crippen LogP) is 3.19. The third-order valence-corrected chi connectivity index (χ3v) is 2.96. The largest absolute Gasteiger partial charge is 0.469 e. The van der Waals surface area contributed by atoms with Crippen LogP contribution in [-0.4, -0.2) is 13.1 Å². The molecule has 2 rings (SSSR count). The molecule has 0 radical (unpaired) electrons. The van der Waals surface area contributed by atoms with Crippen LogP contribution >= 0.6 is 0 Å². The molecular weight excluding hydrogens is 212 g/mol. The van der Waals surface area contributed by atoms with Gasteiger partial charge in [-0.05, 0) is 22.8 Å². The van der Waals surface area contributed by atoms with Crippen LogP contribution in [0.5, 0.6) is 0 Å². The Bertz CT molecular complexity index is 531. The lowest BCUT2D eigenvalue weighted by atomic mass is 9.98. The molecular formula is C15H16O2. The molecule has 0 aliphatic carbocycles. The molecule has 1 unspecified atom stereocenters. The van der Waals surface area contributed by atoms with Crippen LogP contribution in [0.1, 0.15) is 12.5 Å². The van der Waals surface area contributed by atoms with E-state index in [1.54, 1.807) is 0 Å². The average Bonchev–Trinajstić information content (AvgIpc) is 2.37. The summed E-state index contributed by atoms with van der Waals surface area (Å²) < 4.78 is 4.73. The van der Waals surface area contributed by atoms with Crippen LogP contribution in [0.3, 0.4) is 0 Å². The highest BCUT2D eigenvalue weighted by Crippen LogP contribution is 2.18. The van der Waals surface area contributed by atoms with E-state index in [-0.39, 0.29) is 11.9 Å². The van der Waals surface area contributed by atoms with Gasteiger partial charge in [0.05, 0.1) is 13.0 Å². The number of fused-ring (bicyclic) bond motifs is 1. The molecule has 0 aliphatic rings. The van der Waals surface area contributed by atoms with Crippen LogP contribution in [0, 0.1) is 5.92 Å². The van der Waals surface area contributed by atoms with Crippen molar-refractivity contribution in [2.45, 2.75) is 13.3 Å². The number of rotatable bonds is 3. The number of hydrogen-bond donors (Lipinski definition) is 0. The van der Waals surface area contributed by atoms with E-state index in [1.807, 2.05) is 19.1 Å². The number of hydrogen-bond acceptors (Lipinski definition) is 2. The van der Waals surface area contributed by atoms with Crippen LogP contribution in [-0.2, 0) is 16.0 Å². The van der Waals surface area contributed by atoms with E-state index in [0.29, 0.717) is 0 Å². The van der Waals surface area contributed by atoms with Crippen LogP contribution in [0.4, 0.5) is 0 Å². The lowest BCUT2D eigenvalue weighted by Crippen LogP contribution is -2.14. The van der Waals surface area contributed by atoms with Crippen molar-refractivity contribution in [3.63, 3.8) is 0 Å². The highest BCUT2D eigenvalue weighted by atomic mass is 16.5. The second kappa shape index (κ2) is 5.00. The summed E-state index contributed by atoms with van der Waals surface area (Å²) in [7, 11) is 1.43.